The van der Waals surface area contributed by atoms with Crippen molar-refractivity contribution in [2.45, 2.75) is 54.8 Å². The summed E-state index contributed by atoms with van der Waals surface area (Å²) >= 11 is 16.9. The fourth-order valence-corrected chi connectivity index (χ4v) is 3.22. The number of carbonyl (C=O) groups is 2. The van der Waals surface area contributed by atoms with Gasteiger partial charge in [-0.15, -0.1) is 0 Å². The largest absolute Gasteiger partial charge is 0.348 e. The number of rotatable bonds is 3. The smallest absolute Gasteiger partial charge is 0.272 e. The highest BCUT2D eigenvalue weighted by atomic mass is 35.6. The predicted octanol–water partition coefficient (Wildman–Crippen LogP) is 2.92. The van der Waals surface area contributed by atoms with Crippen molar-refractivity contribution in [3.05, 3.63) is 11.6 Å². The molecular weight excluding hydrogens is 365 g/mol. The standard InChI is InChI=1S/C15H20Cl3NO4/c1-9-4-5-14(8-20,19-12(21)15(16,17)18)10(6-9)11-7-22-13(2,3)23-11/h4,8,10-11H,5-7H2,1-3H3,(H,19,21)/t10-,11-,14-/m1/s1. The number of nitrogens with one attached hydrogen (secondary N) is 1. The molecule has 2 rings (SSSR count). The van der Waals surface area contributed by atoms with Crippen LogP contribution in [0, 0.1) is 5.92 Å². The maximum Gasteiger partial charge on any atom is 0.272 e. The Morgan fingerprint density at radius 3 is 2.57 bits per heavy atom. The van der Waals surface area contributed by atoms with Crippen LogP contribution < -0.4 is 5.32 Å². The maximum absolute atomic E-state index is 12.1. The van der Waals surface area contributed by atoms with E-state index >= 15 is 0 Å². The van der Waals surface area contributed by atoms with Crippen molar-refractivity contribution < 1.29 is 19.1 Å². The summed E-state index contributed by atoms with van der Waals surface area (Å²) in [5, 5.41) is 2.61. The van der Waals surface area contributed by atoms with E-state index in [4.69, 9.17) is 44.3 Å². The molecule has 1 saturated heterocycles. The minimum absolute atomic E-state index is 0.303. The minimum atomic E-state index is -2.14. The van der Waals surface area contributed by atoms with Crippen LogP contribution in [0.5, 0.6) is 0 Å². The average Bonchev–Trinajstić information content (AvgIpc) is 2.80. The molecule has 1 amide bonds. The molecule has 0 aromatic carbocycles. The third-order valence-corrected chi connectivity index (χ3v) is 4.80. The van der Waals surface area contributed by atoms with Crippen molar-refractivity contribution in [3.63, 3.8) is 0 Å². The molecular formula is C15H20Cl3NO4. The molecule has 23 heavy (non-hydrogen) atoms. The topological polar surface area (TPSA) is 64.6 Å². The highest BCUT2D eigenvalue weighted by molar-refractivity contribution is 6.76. The van der Waals surface area contributed by atoms with Gasteiger partial charge in [0, 0.05) is 5.92 Å². The Balaban J connectivity index is 2.30. The first kappa shape index (κ1) is 19.0. The molecule has 0 aromatic rings. The summed E-state index contributed by atoms with van der Waals surface area (Å²) in [6.07, 6.45) is 3.19. The number of amides is 1. The zero-order chi connectivity index (χ0) is 17.5. The molecule has 1 fully saturated rings. The van der Waals surface area contributed by atoms with E-state index in [1.54, 1.807) is 13.8 Å². The van der Waals surface area contributed by atoms with E-state index in [1.165, 1.54) is 0 Å². The summed E-state index contributed by atoms with van der Waals surface area (Å²) in [5.41, 5.74) is -0.0708. The molecule has 1 N–H and O–H groups in total. The first-order chi connectivity index (χ1) is 10.5. The molecule has 0 spiro atoms. The van der Waals surface area contributed by atoms with Gasteiger partial charge < -0.3 is 19.6 Å². The van der Waals surface area contributed by atoms with Crippen molar-refractivity contribution in [1.29, 1.82) is 0 Å². The molecule has 0 bridgehead atoms. The quantitative estimate of drug-likeness (QED) is 0.461. The van der Waals surface area contributed by atoms with Gasteiger partial charge in [-0.1, -0.05) is 46.5 Å². The van der Waals surface area contributed by atoms with E-state index < -0.39 is 21.0 Å². The Kier molecular flexibility index (Phi) is 5.39. The van der Waals surface area contributed by atoms with E-state index in [2.05, 4.69) is 5.32 Å². The summed E-state index contributed by atoms with van der Waals surface area (Å²) in [5.74, 6) is -1.86. The Morgan fingerprint density at radius 2 is 2.09 bits per heavy atom. The first-order valence-electron chi connectivity index (χ1n) is 7.32. The van der Waals surface area contributed by atoms with Gasteiger partial charge in [-0.25, -0.2) is 0 Å². The van der Waals surface area contributed by atoms with Crippen molar-refractivity contribution in [2.75, 3.05) is 6.61 Å². The number of aldehydes is 1. The third-order valence-electron chi connectivity index (χ3n) is 4.29. The second kappa shape index (κ2) is 6.52. The van der Waals surface area contributed by atoms with Crippen molar-refractivity contribution in [1.82, 2.24) is 5.32 Å². The number of alkyl halides is 3. The van der Waals surface area contributed by atoms with Crippen molar-refractivity contribution >= 4 is 47.0 Å². The van der Waals surface area contributed by atoms with Crippen LogP contribution in [-0.4, -0.2) is 40.0 Å². The van der Waals surface area contributed by atoms with Crippen LogP contribution in [0.25, 0.3) is 0 Å². The Hall–Kier alpha value is -0.330. The summed E-state index contributed by atoms with van der Waals surface area (Å²) in [7, 11) is 0. The number of ether oxygens (including phenoxy) is 2. The van der Waals surface area contributed by atoms with E-state index in [1.807, 2.05) is 13.0 Å². The van der Waals surface area contributed by atoms with Crippen molar-refractivity contribution in [3.8, 4) is 0 Å². The van der Waals surface area contributed by atoms with Crippen LogP contribution in [0.3, 0.4) is 0 Å². The molecule has 130 valence electrons. The van der Waals surface area contributed by atoms with Crippen LogP contribution in [0.2, 0.25) is 0 Å². The minimum Gasteiger partial charge on any atom is -0.348 e. The lowest BCUT2D eigenvalue weighted by Gasteiger charge is -2.42. The summed E-state index contributed by atoms with van der Waals surface area (Å²) < 4.78 is 9.37. The summed E-state index contributed by atoms with van der Waals surface area (Å²) in [6, 6.07) is 0. The molecule has 0 aromatic heterocycles. The van der Waals surface area contributed by atoms with E-state index in [-0.39, 0.29) is 12.0 Å². The molecule has 1 aliphatic heterocycles. The number of hydrogen-bond donors (Lipinski definition) is 1. The molecule has 3 atom stereocenters. The van der Waals surface area contributed by atoms with E-state index in [0.717, 1.165) is 5.57 Å². The molecule has 0 saturated carbocycles. The number of allylic oxidation sites excluding steroid dienone is 1. The second-order valence-corrected chi connectivity index (χ2v) is 8.82. The fraction of sp³-hybridized carbons (Fsp3) is 0.733. The molecule has 1 heterocycles. The summed E-state index contributed by atoms with van der Waals surface area (Å²) in [4.78, 5) is 24.0. The van der Waals surface area contributed by atoms with Gasteiger partial charge in [0.05, 0.1) is 12.7 Å². The van der Waals surface area contributed by atoms with Crippen LogP contribution in [0.1, 0.15) is 33.6 Å². The number of carbonyl (C=O) groups excluding carboxylic acids is 2. The van der Waals surface area contributed by atoms with Crippen LogP contribution in [0.4, 0.5) is 0 Å². The molecule has 0 unspecified atom stereocenters. The Labute approximate surface area is 150 Å². The fourth-order valence-electron chi connectivity index (χ4n) is 3.07. The van der Waals surface area contributed by atoms with Gasteiger partial charge in [0.25, 0.3) is 9.70 Å². The Bertz CT molecular complexity index is 529. The monoisotopic (exact) mass is 383 g/mol. The van der Waals surface area contributed by atoms with E-state index in [0.29, 0.717) is 25.7 Å². The number of hydrogen-bond acceptors (Lipinski definition) is 4. The lowest BCUT2D eigenvalue weighted by atomic mass is 9.71. The number of halogens is 3. The SMILES string of the molecule is CC1=CC[C@](C=O)(NC(=O)C(Cl)(Cl)Cl)[C@@H]([C@H]2COC(C)(C)O2)C1. The lowest BCUT2D eigenvalue weighted by Crippen LogP contribution is -2.61. The normalized spacial score (nSPS) is 33.9. The molecule has 8 heteroatoms. The zero-order valence-corrected chi connectivity index (χ0v) is 15.5. The van der Waals surface area contributed by atoms with Gasteiger partial charge in [-0.3, -0.25) is 4.79 Å². The summed E-state index contributed by atoms with van der Waals surface area (Å²) in [6.45, 7) is 5.92. The van der Waals surface area contributed by atoms with Crippen LogP contribution >= 0.6 is 34.8 Å². The van der Waals surface area contributed by atoms with Gasteiger partial charge in [0.2, 0.25) is 0 Å². The molecule has 5 nitrogen and oxygen atoms in total. The molecule has 2 aliphatic rings. The average molecular weight is 385 g/mol. The highest BCUT2D eigenvalue weighted by Gasteiger charge is 2.51. The van der Waals surface area contributed by atoms with Crippen LogP contribution in [0.15, 0.2) is 11.6 Å². The van der Waals surface area contributed by atoms with Gasteiger partial charge in [-0.2, -0.15) is 0 Å². The molecule has 1 aliphatic carbocycles. The predicted molar refractivity (Wildman–Crippen MR) is 88.6 cm³/mol. The van der Waals surface area contributed by atoms with Gasteiger partial charge in [-0.05, 0) is 33.6 Å². The third kappa shape index (κ3) is 4.20. The maximum atomic E-state index is 12.1. The Morgan fingerprint density at radius 1 is 1.43 bits per heavy atom. The van der Waals surface area contributed by atoms with Crippen LogP contribution in [-0.2, 0) is 19.1 Å². The lowest BCUT2D eigenvalue weighted by molar-refractivity contribution is -0.152. The van der Waals surface area contributed by atoms with E-state index in [9.17, 15) is 9.59 Å². The molecule has 0 radical (unpaired) electrons. The van der Waals surface area contributed by atoms with Crippen molar-refractivity contribution in [2.24, 2.45) is 5.92 Å². The van der Waals surface area contributed by atoms with Gasteiger partial charge in [0.1, 0.15) is 11.8 Å². The van der Waals surface area contributed by atoms with Gasteiger partial charge in [0.15, 0.2) is 5.79 Å². The van der Waals surface area contributed by atoms with Gasteiger partial charge >= 0.3 is 0 Å². The second-order valence-electron chi connectivity index (χ2n) is 6.54. The zero-order valence-electron chi connectivity index (χ0n) is 13.2. The first-order valence-corrected chi connectivity index (χ1v) is 8.45. The highest BCUT2D eigenvalue weighted by Crippen LogP contribution is 2.40.